The van der Waals surface area contributed by atoms with Gasteiger partial charge in [0.15, 0.2) is 0 Å². The molecule has 4 aliphatic rings. The summed E-state index contributed by atoms with van der Waals surface area (Å²) < 4.78 is 6.15. The minimum atomic E-state index is -0.862. The van der Waals surface area contributed by atoms with E-state index in [0.717, 1.165) is 75.2 Å². The van der Waals surface area contributed by atoms with Gasteiger partial charge in [-0.05, 0) is 100 Å². The van der Waals surface area contributed by atoms with Gasteiger partial charge in [0.05, 0.1) is 26.4 Å². The number of benzene rings is 2. The van der Waals surface area contributed by atoms with Crippen LogP contribution in [0.3, 0.4) is 0 Å². The van der Waals surface area contributed by atoms with Crippen LogP contribution in [0.5, 0.6) is 5.75 Å². The Morgan fingerprint density at radius 1 is 1.04 bits per heavy atom. The van der Waals surface area contributed by atoms with E-state index < -0.39 is 24.2 Å². The minimum absolute atomic E-state index is 0.150. The van der Waals surface area contributed by atoms with E-state index in [1.807, 2.05) is 12.1 Å². The van der Waals surface area contributed by atoms with Gasteiger partial charge < -0.3 is 40.7 Å². The first-order chi connectivity index (χ1) is 24.7. The lowest BCUT2D eigenvalue weighted by Gasteiger charge is -2.65. The van der Waals surface area contributed by atoms with Crippen molar-refractivity contribution in [3.8, 4) is 16.9 Å². The summed E-state index contributed by atoms with van der Waals surface area (Å²) >= 11 is 0. The van der Waals surface area contributed by atoms with E-state index in [4.69, 9.17) is 9.57 Å². The van der Waals surface area contributed by atoms with Gasteiger partial charge in [0, 0.05) is 61.9 Å². The Bertz CT molecular complexity index is 1460. The summed E-state index contributed by atoms with van der Waals surface area (Å²) in [6, 6.07) is 12.0. The van der Waals surface area contributed by atoms with Crippen LogP contribution in [0.4, 0.5) is 0 Å². The van der Waals surface area contributed by atoms with E-state index in [9.17, 15) is 15.0 Å². The molecule has 2 aromatic rings. The summed E-state index contributed by atoms with van der Waals surface area (Å²) in [4.78, 5) is 25.0. The van der Waals surface area contributed by atoms with Crippen LogP contribution in [0.2, 0.25) is 0 Å². The predicted molar refractivity (Wildman–Crippen MR) is 207 cm³/mol. The van der Waals surface area contributed by atoms with Crippen LogP contribution in [-0.4, -0.2) is 123 Å². The Morgan fingerprint density at radius 3 is 2.19 bits per heavy atom. The van der Waals surface area contributed by atoms with Crippen molar-refractivity contribution in [1.29, 1.82) is 0 Å². The fourth-order valence-electron chi connectivity index (χ4n) is 8.95. The number of hydrogen-bond donors (Lipinski definition) is 5. The van der Waals surface area contributed by atoms with E-state index in [2.05, 4.69) is 99.0 Å². The Hall–Kier alpha value is -2.61. The predicted octanol–water partition coefficient (Wildman–Crippen LogP) is 3.47. The summed E-state index contributed by atoms with van der Waals surface area (Å²) in [5.41, 5.74) is 5.27. The zero-order valence-corrected chi connectivity index (χ0v) is 33.2. The minimum Gasteiger partial charge on any atom is -0.496 e. The number of likely N-dealkylation sites (N-methyl/N-ethyl adjacent to an activating group) is 2. The number of carbonyl (C=O) groups excluding carboxylic acids is 1. The molecule has 11 nitrogen and oxygen atoms in total. The van der Waals surface area contributed by atoms with Gasteiger partial charge in [0.25, 0.3) is 0 Å². The Balaban J connectivity index is 1.42. The van der Waals surface area contributed by atoms with Crippen molar-refractivity contribution < 1.29 is 24.6 Å². The van der Waals surface area contributed by atoms with E-state index in [1.165, 1.54) is 11.1 Å². The number of carbonyl (C=O) groups is 1. The zero-order valence-electron chi connectivity index (χ0n) is 33.2. The van der Waals surface area contributed by atoms with E-state index in [1.54, 1.807) is 19.1 Å². The number of nitrogens with one attached hydrogen (secondary N) is 3. The number of ether oxygens (including phenoxy) is 1. The molecule has 6 rings (SSSR count). The third-order valence-corrected chi connectivity index (χ3v) is 12.2. The number of rotatable bonds is 18. The highest BCUT2D eigenvalue weighted by Crippen LogP contribution is 2.61. The standard InChI is InChI=1S/C41H66N6O5/c1-27-34-22-41(27,14-13-40(34,3)4)44-39(50)37-36(28(2)49)35(26-48)52-47(37)25-31-11-10-12-33(38(31)51-9)32-20-29(23-42-15-17-45(5)6)19-30(21-32)24-43-16-18-46(7)8/h10-12,19-21,27-28,34-37,42-43,48-49H,13-18,22-26H2,1-9H3,(H,44,50)/t27-,28-,34-,35-,36-,37-,41-/m0/s1. The second-order valence-electron chi connectivity index (χ2n) is 16.9. The molecule has 290 valence electrons. The van der Waals surface area contributed by atoms with Crippen molar-refractivity contribution in [1.82, 2.24) is 30.8 Å². The monoisotopic (exact) mass is 723 g/mol. The molecular weight excluding hydrogens is 656 g/mol. The fourth-order valence-corrected chi connectivity index (χ4v) is 8.95. The summed E-state index contributed by atoms with van der Waals surface area (Å²) in [6.45, 7) is 13.7. The third-order valence-electron chi connectivity index (χ3n) is 12.2. The molecule has 7 atom stereocenters. The number of nitrogens with zero attached hydrogens (tertiary/aromatic N) is 3. The van der Waals surface area contributed by atoms with Gasteiger partial charge in [-0.15, -0.1) is 0 Å². The summed E-state index contributed by atoms with van der Waals surface area (Å²) in [5, 5.41) is 33.7. The molecule has 1 saturated heterocycles. The first-order valence-corrected chi connectivity index (χ1v) is 19.2. The molecule has 0 aromatic heterocycles. The molecule has 3 aliphatic carbocycles. The highest BCUT2D eigenvalue weighted by molar-refractivity contribution is 5.83. The van der Waals surface area contributed by atoms with Crippen molar-refractivity contribution in [3.05, 3.63) is 53.1 Å². The molecule has 0 unspecified atom stereocenters. The number of para-hydroxylation sites is 1. The summed E-state index contributed by atoms with van der Waals surface area (Å²) in [7, 11) is 10.00. The Labute approximate surface area is 312 Å². The number of fused-ring (bicyclic) bond motifs is 2. The maximum absolute atomic E-state index is 14.4. The number of hydroxylamine groups is 2. The molecule has 2 aromatic carbocycles. The second kappa shape index (κ2) is 17.2. The third kappa shape index (κ3) is 9.01. The van der Waals surface area contributed by atoms with Gasteiger partial charge >= 0.3 is 0 Å². The molecule has 0 spiro atoms. The molecule has 4 fully saturated rings. The van der Waals surface area contributed by atoms with E-state index >= 15 is 0 Å². The zero-order chi connectivity index (χ0) is 37.8. The number of hydrogen-bond acceptors (Lipinski definition) is 10. The first kappa shape index (κ1) is 40.6. The van der Waals surface area contributed by atoms with E-state index in [-0.39, 0.29) is 30.0 Å². The molecule has 1 amide bonds. The highest BCUT2D eigenvalue weighted by Gasteiger charge is 2.61. The average Bonchev–Trinajstić information content (AvgIpc) is 3.47. The summed E-state index contributed by atoms with van der Waals surface area (Å²) in [5.74, 6) is 0.908. The number of methoxy groups -OCH3 is 1. The van der Waals surface area contributed by atoms with Gasteiger partial charge in [-0.3, -0.25) is 9.63 Å². The molecule has 1 aliphatic heterocycles. The first-order valence-electron chi connectivity index (χ1n) is 19.2. The van der Waals surface area contributed by atoms with Gasteiger partial charge in [-0.1, -0.05) is 45.0 Å². The van der Waals surface area contributed by atoms with Gasteiger partial charge in [-0.25, -0.2) is 0 Å². The van der Waals surface area contributed by atoms with Crippen LogP contribution in [0.25, 0.3) is 11.1 Å². The topological polar surface area (TPSA) is 122 Å². The molecule has 0 radical (unpaired) electrons. The van der Waals surface area contributed by atoms with Gasteiger partial charge in [0.1, 0.15) is 17.9 Å². The Morgan fingerprint density at radius 2 is 1.67 bits per heavy atom. The normalized spacial score (nSPS) is 27.5. The van der Waals surface area contributed by atoms with Crippen molar-refractivity contribution in [2.75, 3.05) is 68.1 Å². The smallest absolute Gasteiger partial charge is 0.240 e. The molecule has 52 heavy (non-hydrogen) atoms. The summed E-state index contributed by atoms with van der Waals surface area (Å²) in [6.07, 6.45) is 1.40. The maximum atomic E-state index is 14.4. The lowest BCUT2D eigenvalue weighted by atomic mass is 9.44. The molecule has 2 bridgehead atoms. The number of amides is 1. The average molecular weight is 723 g/mol. The van der Waals surface area contributed by atoms with Crippen LogP contribution in [0.1, 0.15) is 63.6 Å². The molecule has 11 heteroatoms. The van der Waals surface area contributed by atoms with Crippen LogP contribution >= 0.6 is 0 Å². The molecule has 5 N–H and O–H groups in total. The lowest BCUT2D eigenvalue weighted by molar-refractivity contribution is -0.185. The highest BCUT2D eigenvalue weighted by atomic mass is 16.7. The van der Waals surface area contributed by atoms with Crippen LogP contribution in [0.15, 0.2) is 36.4 Å². The van der Waals surface area contributed by atoms with Crippen molar-refractivity contribution in [2.24, 2.45) is 23.2 Å². The lowest BCUT2D eigenvalue weighted by Crippen LogP contribution is -2.71. The van der Waals surface area contributed by atoms with Crippen molar-refractivity contribution >= 4 is 5.91 Å². The van der Waals surface area contributed by atoms with E-state index in [0.29, 0.717) is 17.6 Å². The van der Waals surface area contributed by atoms with Gasteiger partial charge in [-0.2, -0.15) is 5.06 Å². The van der Waals surface area contributed by atoms with Crippen molar-refractivity contribution in [3.63, 3.8) is 0 Å². The largest absolute Gasteiger partial charge is 0.496 e. The fraction of sp³-hybridized carbons (Fsp3) is 0.683. The number of aliphatic hydroxyl groups excluding tert-OH is 2. The quantitative estimate of drug-likeness (QED) is 0.146. The van der Waals surface area contributed by atoms with Crippen LogP contribution < -0.4 is 20.7 Å². The molecule has 3 saturated carbocycles. The number of aliphatic hydroxyl groups is 2. The van der Waals surface area contributed by atoms with Gasteiger partial charge in [0.2, 0.25) is 5.91 Å². The SMILES string of the molecule is COc1c(CN2O[C@@H](CO)[C@H]([C@H](C)O)[C@H]2C(=O)N[C@@]23CCC(C)(C)[C@@H](C2)[C@@H]3C)cccc1-c1cc(CNCCN(C)C)cc(CNCCN(C)C)c1. The second-order valence-corrected chi connectivity index (χ2v) is 16.9. The van der Waals surface area contributed by atoms with Crippen molar-refractivity contribution in [2.45, 2.75) is 90.4 Å². The Kier molecular flexibility index (Phi) is 13.5. The molecule has 1 heterocycles. The van der Waals surface area contributed by atoms with Crippen LogP contribution in [-0.2, 0) is 29.3 Å². The molecular formula is C41H66N6O5. The van der Waals surface area contributed by atoms with Crippen LogP contribution in [0, 0.1) is 23.2 Å². The maximum Gasteiger partial charge on any atom is 0.240 e.